The Labute approximate surface area is 156 Å². The molecule has 26 heavy (non-hydrogen) atoms. The molecule has 2 aromatic carbocycles. The first-order chi connectivity index (χ1) is 12.6. The summed E-state index contributed by atoms with van der Waals surface area (Å²) in [6, 6.07) is 17.0. The molecule has 2 heterocycles. The highest BCUT2D eigenvalue weighted by Crippen LogP contribution is 2.31. The lowest BCUT2D eigenvalue weighted by atomic mass is 10.0. The molecule has 0 spiro atoms. The van der Waals surface area contributed by atoms with Gasteiger partial charge in [0.1, 0.15) is 5.75 Å². The van der Waals surface area contributed by atoms with Crippen molar-refractivity contribution in [1.29, 1.82) is 0 Å². The molecule has 0 saturated carbocycles. The molecule has 0 aliphatic carbocycles. The van der Waals surface area contributed by atoms with E-state index in [4.69, 9.17) is 16.3 Å². The van der Waals surface area contributed by atoms with Crippen molar-refractivity contribution in [2.45, 2.75) is 12.5 Å². The first-order valence-electron chi connectivity index (χ1n) is 8.44. The second-order valence-corrected chi connectivity index (χ2v) is 6.68. The summed E-state index contributed by atoms with van der Waals surface area (Å²) in [7, 11) is 1.82. The Morgan fingerprint density at radius 1 is 1.23 bits per heavy atom. The van der Waals surface area contributed by atoms with Gasteiger partial charge < -0.3 is 10.1 Å². The van der Waals surface area contributed by atoms with Crippen molar-refractivity contribution in [3.05, 3.63) is 70.9 Å². The lowest BCUT2D eigenvalue weighted by Crippen LogP contribution is -2.32. The van der Waals surface area contributed by atoms with Crippen LogP contribution in [-0.4, -0.2) is 22.3 Å². The average molecular weight is 368 g/mol. The number of hydrogen-bond acceptors (Lipinski definition) is 3. The summed E-state index contributed by atoms with van der Waals surface area (Å²) in [5.74, 6) is 0.634. The molecule has 1 aliphatic heterocycles. The standard InChI is InChI=1S/C20H18ClN3O2/c1-24-18(13-6-8-14(21)9-7-13)12-17(23-24)20(25)22-16-10-11-26-19-5-3-2-4-15(16)19/h2-9,12,16H,10-11H2,1H3,(H,22,25)/t16-/m0/s1. The van der Waals surface area contributed by atoms with Gasteiger partial charge in [-0.3, -0.25) is 9.48 Å². The van der Waals surface area contributed by atoms with E-state index in [0.717, 1.165) is 29.0 Å². The van der Waals surface area contributed by atoms with E-state index in [9.17, 15) is 4.79 Å². The molecule has 6 heteroatoms. The summed E-state index contributed by atoms with van der Waals surface area (Å²) in [5, 5.41) is 8.12. The molecular weight excluding hydrogens is 350 g/mol. The van der Waals surface area contributed by atoms with Crippen molar-refractivity contribution < 1.29 is 9.53 Å². The minimum absolute atomic E-state index is 0.0755. The zero-order valence-electron chi connectivity index (χ0n) is 14.3. The van der Waals surface area contributed by atoms with E-state index in [1.807, 2.05) is 55.6 Å². The van der Waals surface area contributed by atoms with E-state index in [1.165, 1.54) is 0 Å². The predicted octanol–water partition coefficient (Wildman–Crippen LogP) is 3.99. The van der Waals surface area contributed by atoms with E-state index in [2.05, 4.69) is 10.4 Å². The summed E-state index contributed by atoms with van der Waals surface area (Å²) in [6.07, 6.45) is 0.736. The number of para-hydroxylation sites is 1. The number of nitrogens with zero attached hydrogens (tertiary/aromatic N) is 2. The normalized spacial score (nSPS) is 15.8. The Kier molecular flexibility index (Phi) is 4.39. The molecule has 0 saturated heterocycles. The van der Waals surface area contributed by atoms with Crippen molar-refractivity contribution in [2.75, 3.05) is 6.61 Å². The largest absolute Gasteiger partial charge is 0.493 e. The lowest BCUT2D eigenvalue weighted by molar-refractivity contribution is 0.0919. The minimum atomic E-state index is -0.192. The Hall–Kier alpha value is -2.79. The van der Waals surface area contributed by atoms with Crippen LogP contribution in [0.2, 0.25) is 5.02 Å². The quantitative estimate of drug-likeness (QED) is 0.761. The topological polar surface area (TPSA) is 56.2 Å². The van der Waals surface area contributed by atoms with Gasteiger partial charge in [0, 0.05) is 24.1 Å². The van der Waals surface area contributed by atoms with Crippen molar-refractivity contribution in [2.24, 2.45) is 7.05 Å². The minimum Gasteiger partial charge on any atom is -0.493 e. The molecule has 0 bridgehead atoms. The monoisotopic (exact) mass is 367 g/mol. The molecule has 0 fully saturated rings. The van der Waals surface area contributed by atoms with Crippen LogP contribution in [0.4, 0.5) is 0 Å². The number of hydrogen-bond donors (Lipinski definition) is 1. The van der Waals surface area contributed by atoms with Crippen molar-refractivity contribution >= 4 is 17.5 Å². The lowest BCUT2D eigenvalue weighted by Gasteiger charge is -2.26. The van der Waals surface area contributed by atoms with Crippen LogP contribution in [0, 0.1) is 0 Å². The number of benzene rings is 2. The number of carbonyl (C=O) groups is 1. The van der Waals surface area contributed by atoms with Gasteiger partial charge in [0.2, 0.25) is 0 Å². The molecular formula is C20H18ClN3O2. The van der Waals surface area contributed by atoms with Crippen LogP contribution in [0.1, 0.15) is 28.5 Å². The van der Waals surface area contributed by atoms with Gasteiger partial charge in [0.25, 0.3) is 5.91 Å². The van der Waals surface area contributed by atoms with E-state index >= 15 is 0 Å². The number of aromatic nitrogens is 2. The van der Waals surface area contributed by atoms with Gasteiger partial charge in [-0.1, -0.05) is 41.9 Å². The van der Waals surface area contributed by atoms with E-state index in [0.29, 0.717) is 17.3 Å². The van der Waals surface area contributed by atoms with Gasteiger partial charge in [-0.15, -0.1) is 0 Å². The SMILES string of the molecule is Cn1nc(C(=O)N[C@H]2CCOc3ccccc32)cc1-c1ccc(Cl)cc1. The molecule has 4 rings (SSSR count). The second-order valence-electron chi connectivity index (χ2n) is 6.25. The molecule has 1 N–H and O–H groups in total. The Balaban J connectivity index is 1.56. The van der Waals surface area contributed by atoms with Gasteiger partial charge in [0.15, 0.2) is 5.69 Å². The zero-order valence-corrected chi connectivity index (χ0v) is 15.0. The highest BCUT2D eigenvalue weighted by Gasteiger charge is 2.24. The van der Waals surface area contributed by atoms with Gasteiger partial charge in [-0.2, -0.15) is 5.10 Å². The smallest absolute Gasteiger partial charge is 0.272 e. The maximum absolute atomic E-state index is 12.7. The molecule has 1 aliphatic rings. The number of amides is 1. The van der Waals surface area contributed by atoms with Crippen molar-refractivity contribution in [3.63, 3.8) is 0 Å². The fourth-order valence-corrected chi connectivity index (χ4v) is 3.32. The summed E-state index contributed by atoms with van der Waals surface area (Å²) in [4.78, 5) is 12.7. The number of ether oxygens (including phenoxy) is 1. The van der Waals surface area contributed by atoms with Gasteiger partial charge in [-0.25, -0.2) is 0 Å². The van der Waals surface area contributed by atoms with Crippen molar-refractivity contribution in [1.82, 2.24) is 15.1 Å². The summed E-state index contributed by atoms with van der Waals surface area (Å²) < 4.78 is 7.35. The van der Waals surface area contributed by atoms with Crippen LogP contribution >= 0.6 is 11.6 Å². The summed E-state index contributed by atoms with van der Waals surface area (Å²) in [6.45, 7) is 0.584. The molecule has 1 atom stereocenters. The molecule has 0 unspecified atom stereocenters. The highest BCUT2D eigenvalue weighted by molar-refractivity contribution is 6.30. The molecule has 132 valence electrons. The predicted molar refractivity (Wildman–Crippen MR) is 100 cm³/mol. The van der Waals surface area contributed by atoms with Gasteiger partial charge >= 0.3 is 0 Å². The van der Waals surface area contributed by atoms with E-state index in [1.54, 1.807) is 10.7 Å². The second kappa shape index (κ2) is 6.84. The molecule has 5 nitrogen and oxygen atoms in total. The van der Waals surface area contributed by atoms with Crippen LogP contribution in [0.3, 0.4) is 0 Å². The third-order valence-electron chi connectivity index (χ3n) is 4.52. The third-order valence-corrected chi connectivity index (χ3v) is 4.77. The van der Waals surface area contributed by atoms with Crippen LogP contribution in [-0.2, 0) is 7.05 Å². The Morgan fingerprint density at radius 2 is 2.00 bits per heavy atom. The average Bonchev–Trinajstić information content (AvgIpc) is 3.05. The molecule has 0 radical (unpaired) electrons. The van der Waals surface area contributed by atoms with Crippen LogP contribution in [0.25, 0.3) is 11.3 Å². The maximum Gasteiger partial charge on any atom is 0.272 e. The first-order valence-corrected chi connectivity index (χ1v) is 8.82. The third kappa shape index (κ3) is 3.18. The molecule has 1 amide bonds. The number of nitrogens with one attached hydrogen (secondary N) is 1. The van der Waals surface area contributed by atoms with Gasteiger partial charge in [0.05, 0.1) is 18.3 Å². The fourth-order valence-electron chi connectivity index (χ4n) is 3.19. The van der Waals surface area contributed by atoms with Crippen LogP contribution < -0.4 is 10.1 Å². The number of carbonyl (C=O) groups excluding carboxylic acids is 1. The summed E-state index contributed by atoms with van der Waals surface area (Å²) >= 11 is 5.95. The number of rotatable bonds is 3. The van der Waals surface area contributed by atoms with Gasteiger partial charge in [-0.05, 0) is 29.8 Å². The summed E-state index contributed by atoms with van der Waals surface area (Å²) in [5.41, 5.74) is 3.21. The Morgan fingerprint density at radius 3 is 2.81 bits per heavy atom. The number of fused-ring (bicyclic) bond motifs is 1. The molecule has 3 aromatic rings. The van der Waals surface area contributed by atoms with Crippen molar-refractivity contribution in [3.8, 4) is 17.0 Å². The fraction of sp³-hybridized carbons (Fsp3) is 0.200. The van der Waals surface area contributed by atoms with E-state index < -0.39 is 0 Å². The van der Waals surface area contributed by atoms with E-state index in [-0.39, 0.29) is 11.9 Å². The Bertz CT molecular complexity index is 950. The number of halogens is 1. The molecule has 1 aromatic heterocycles. The number of aryl methyl sites for hydroxylation is 1. The highest BCUT2D eigenvalue weighted by atomic mass is 35.5. The first kappa shape index (κ1) is 16.7. The zero-order chi connectivity index (χ0) is 18.1. The van der Waals surface area contributed by atoms with Crippen LogP contribution in [0.15, 0.2) is 54.6 Å². The van der Waals surface area contributed by atoms with Crippen LogP contribution in [0.5, 0.6) is 5.75 Å². The maximum atomic E-state index is 12.7.